The third kappa shape index (κ3) is 5.32. The topological polar surface area (TPSA) is 56.7 Å². The Morgan fingerprint density at radius 1 is 0.323 bits per heavy atom. The van der Waals surface area contributed by atoms with Crippen molar-refractivity contribution in [1.82, 2.24) is 19.5 Å². The fourth-order valence-corrected chi connectivity index (χ4v) is 9.57. The molecular formula is C57H34N4O. The number of hydrogen-bond acceptors (Lipinski definition) is 4. The van der Waals surface area contributed by atoms with Crippen LogP contribution in [0.3, 0.4) is 0 Å². The van der Waals surface area contributed by atoms with Crippen LogP contribution in [0.1, 0.15) is 0 Å². The van der Waals surface area contributed by atoms with E-state index in [2.05, 4.69) is 199 Å². The quantitative estimate of drug-likeness (QED) is 0.174. The van der Waals surface area contributed by atoms with Crippen LogP contribution in [0, 0.1) is 0 Å². The number of nitrogens with zero attached hydrogens (tertiary/aromatic N) is 4. The Morgan fingerprint density at radius 3 is 1.55 bits per heavy atom. The lowest BCUT2D eigenvalue weighted by atomic mass is 9.98. The highest BCUT2D eigenvalue weighted by atomic mass is 16.3. The van der Waals surface area contributed by atoms with Gasteiger partial charge in [0.05, 0.1) is 16.7 Å². The number of furan rings is 1. The minimum Gasteiger partial charge on any atom is -0.456 e. The van der Waals surface area contributed by atoms with Crippen LogP contribution in [-0.2, 0) is 0 Å². The number of para-hydroxylation sites is 1. The third-order valence-electron chi connectivity index (χ3n) is 12.4. The van der Waals surface area contributed by atoms with Gasteiger partial charge in [0.1, 0.15) is 11.2 Å². The lowest BCUT2D eigenvalue weighted by Gasteiger charge is -2.15. The molecular weight excluding hydrogens is 757 g/mol. The van der Waals surface area contributed by atoms with E-state index >= 15 is 0 Å². The Balaban J connectivity index is 1.10. The molecule has 0 N–H and O–H groups in total. The maximum absolute atomic E-state index is 6.90. The first kappa shape index (κ1) is 34.5. The normalized spacial score (nSPS) is 11.9. The van der Waals surface area contributed by atoms with E-state index in [1.54, 1.807) is 0 Å². The smallest absolute Gasteiger partial charge is 0.164 e. The summed E-state index contributed by atoms with van der Waals surface area (Å²) in [6, 6.07) is 72.7. The minimum absolute atomic E-state index is 0.582. The number of fused-ring (bicyclic) bond motifs is 9. The summed E-state index contributed by atoms with van der Waals surface area (Å²) in [7, 11) is 0. The molecule has 0 radical (unpaired) electrons. The van der Waals surface area contributed by atoms with E-state index in [-0.39, 0.29) is 0 Å². The van der Waals surface area contributed by atoms with Crippen LogP contribution in [-0.4, -0.2) is 19.5 Å². The first-order valence-corrected chi connectivity index (χ1v) is 20.9. The predicted octanol–water partition coefficient (Wildman–Crippen LogP) is 15.0. The molecule has 10 aromatic carbocycles. The fraction of sp³-hybridized carbons (Fsp3) is 0. The van der Waals surface area contributed by atoms with Crippen LogP contribution in [0.5, 0.6) is 0 Å². The standard InChI is InChI=1S/C57H34N4O/c1-2-15-37(16-3-1)46-33-48-53(34-51(46)61-49-29-11-10-25-42(49)47-31-38-19-4-5-20-39(38)32-50(47)61)62-52-30-14-28-45(54(48)52)57-59-55(43-26-12-21-35-17-6-8-23-40(35)43)58-56(60-57)44-27-13-22-36-18-7-9-24-41(36)44/h1-34H. The Labute approximate surface area is 355 Å². The highest BCUT2D eigenvalue weighted by Crippen LogP contribution is 2.44. The van der Waals surface area contributed by atoms with E-state index in [1.807, 2.05) is 12.1 Å². The van der Waals surface area contributed by atoms with E-state index in [9.17, 15) is 0 Å². The Bertz CT molecular complexity index is 3830. The van der Waals surface area contributed by atoms with Gasteiger partial charge in [0.25, 0.3) is 0 Å². The predicted molar refractivity (Wildman–Crippen MR) is 256 cm³/mol. The number of benzene rings is 10. The van der Waals surface area contributed by atoms with Gasteiger partial charge in [-0.15, -0.1) is 0 Å². The third-order valence-corrected chi connectivity index (χ3v) is 12.4. The van der Waals surface area contributed by atoms with Crippen molar-refractivity contribution < 1.29 is 4.42 Å². The summed E-state index contributed by atoms with van der Waals surface area (Å²) >= 11 is 0. The molecule has 0 unspecified atom stereocenters. The van der Waals surface area contributed by atoms with E-state index < -0.39 is 0 Å². The van der Waals surface area contributed by atoms with Crippen molar-refractivity contribution >= 4 is 76.1 Å². The summed E-state index contributed by atoms with van der Waals surface area (Å²) in [4.78, 5) is 15.9. The second kappa shape index (κ2) is 13.6. The molecule has 0 aliphatic carbocycles. The first-order chi connectivity index (χ1) is 30.7. The van der Waals surface area contributed by atoms with Gasteiger partial charge < -0.3 is 8.98 Å². The second-order valence-corrected chi connectivity index (χ2v) is 15.9. The summed E-state index contributed by atoms with van der Waals surface area (Å²) < 4.78 is 9.31. The molecule has 0 saturated heterocycles. The number of aromatic nitrogens is 4. The van der Waals surface area contributed by atoms with Gasteiger partial charge in [-0.25, -0.2) is 15.0 Å². The van der Waals surface area contributed by atoms with Crippen molar-refractivity contribution in [2.45, 2.75) is 0 Å². The summed E-state index contributed by atoms with van der Waals surface area (Å²) in [5, 5.41) is 11.2. The SMILES string of the molecule is c1ccc(-c2cc3c(cc2-n2c4ccccc4c4cc5ccccc5cc42)oc2cccc(-c4nc(-c5cccc6ccccc56)nc(-c5cccc6ccccc56)n4)c23)cc1. The van der Waals surface area contributed by atoms with Gasteiger partial charge in [0.2, 0.25) is 0 Å². The average molecular weight is 791 g/mol. The average Bonchev–Trinajstić information content (AvgIpc) is 3.87. The van der Waals surface area contributed by atoms with Crippen LogP contribution >= 0.6 is 0 Å². The molecule has 0 aliphatic heterocycles. The molecule has 13 rings (SSSR count). The molecule has 0 spiro atoms. The molecule has 288 valence electrons. The number of rotatable bonds is 5. The zero-order chi connectivity index (χ0) is 40.7. The molecule has 0 saturated carbocycles. The van der Waals surface area contributed by atoms with Gasteiger partial charge in [0.15, 0.2) is 17.5 Å². The van der Waals surface area contributed by atoms with Gasteiger partial charge in [-0.2, -0.15) is 0 Å². The molecule has 3 aromatic heterocycles. The largest absolute Gasteiger partial charge is 0.456 e. The Kier molecular flexibility index (Phi) is 7.54. The lowest BCUT2D eigenvalue weighted by Crippen LogP contribution is -2.01. The van der Waals surface area contributed by atoms with Crippen LogP contribution in [0.4, 0.5) is 0 Å². The van der Waals surface area contributed by atoms with Gasteiger partial charge in [-0.1, -0.05) is 170 Å². The van der Waals surface area contributed by atoms with Crippen molar-refractivity contribution in [3.8, 4) is 51.0 Å². The zero-order valence-electron chi connectivity index (χ0n) is 33.3. The molecule has 0 aliphatic rings. The van der Waals surface area contributed by atoms with Crippen LogP contribution in [0.2, 0.25) is 0 Å². The molecule has 0 amide bonds. The van der Waals surface area contributed by atoms with Crippen LogP contribution in [0.15, 0.2) is 211 Å². The highest BCUT2D eigenvalue weighted by molar-refractivity contribution is 6.17. The summed E-state index contributed by atoms with van der Waals surface area (Å²) in [6.07, 6.45) is 0. The second-order valence-electron chi connectivity index (χ2n) is 15.9. The van der Waals surface area contributed by atoms with E-state index in [0.29, 0.717) is 17.5 Å². The molecule has 0 fully saturated rings. The zero-order valence-corrected chi connectivity index (χ0v) is 33.3. The molecule has 0 bridgehead atoms. The molecule has 5 nitrogen and oxygen atoms in total. The van der Waals surface area contributed by atoms with Crippen molar-refractivity contribution in [2.75, 3.05) is 0 Å². The first-order valence-electron chi connectivity index (χ1n) is 20.9. The van der Waals surface area contributed by atoms with Gasteiger partial charge in [0, 0.05) is 49.9 Å². The molecule has 62 heavy (non-hydrogen) atoms. The van der Waals surface area contributed by atoms with Crippen LogP contribution in [0.25, 0.3) is 127 Å². The fourth-order valence-electron chi connectivity index (χ4n) is 9.57. The van der Waals surface area contributed by atoms with E-state index in [0.717, 1.165) is 88.0 Å². The Morgan fingerprint density at radius 2 is 0.855 bits per heavy atom. The van der Waals surface area contributed by atoms with Gasteiger partial charge >= 0.3 is 0 Å². The van der Waals surface area contributed by atoms with Crippen molar-refractivity contribution in [3.63, 3.8) is 0 Å². The summed E-state index contributed by atoms with van der Waals surface area (Å²) in [5.41, 5.74) is 9.86. The molecule has 0 atom stereocenters. The maximum Gasteiger partial charge on any atom is 0.164 e. The van der Waals surface area contributed by atoms with Crippen molar-refractivity contribution in [1.29, 1.82) is 0 Å². The van der Waals surface area contributed by atoms with E-state index in [4.69, 9.17) is 19.4 Å². The highest BCUT2D eigenvalue weighted by Gasteiger charge is 2.23. The minimum atomic E-state index is 0.582. The van der Waals surface area contributed by atoms with Gasteiger partial charge in [-0.3, -0.25) is 0 Å². The summed E-state index contributed by atoms with van der Waals surface area (Å²) in [5.74, 6) is 1.81. The lowest BCUT2D eigenvalue weighted by molar-refractivity contribution is 0.668. The summed E-state index contributed by atoms with van der Waals surface area (Å²) in [6.45, 7) is 0. The number of hydrogen-bond donors (Lipinski definition) is 0. The maximum atomic E-state index is 6.90. The van der Waals surface area contributed by atoms with Crippen molar-refractivity contribution in [3.05, 3.63) is 206 Å². The molecule has 13 aromatic rings. The van der Waals surface area contributed by atoms with Crippen molar-refractivity contribution in [2.24, 2.45) is 0 Å². The molecule has 5 heteroatoms. The Hall–Kier alpha value is -8.41. The molecule has 3 heterocycles. The monoisotopic (exact) mass is 790 g/mol. The van der Waals surface area contributed by atoms with Gasteiger partial charge in [-0.05, 0) is 68.2 Å². The van der Waals surface area contributed by atoms with Crippen LogP contribution < -0.4 is 0 Å². The van der Waals surface area contributed by atoms with E-state index in [1.165, 1.54) is 21.5 Å².